The Morgan fingerprint density at radius 2 is 1.77 bits per heavy atom. The first kappa shape index (κ1) is 10.7. The zero-order valence-electron chi connectivity index (χ0n) is 9.42. The summed E-state index contributed by atoms with van der Waals surface area (Å²) in [5, 5.41) is 0. The van der Waals surface area contributed by atoms with Crippen molar-refractivity contribution in [2.75, 3.05) is 0 Å². The third-order valence-electron chi connectivity index (χ3n) is 2.03. The van der Waals surface area contributed by atoms with Gasteiger partial charge < -0.3 is 4.74 Å². The highest BCUT2D eigenvalue weighted by Crippen LogP contribution is 2.29. The molecule has 0 aromatic rings. The van der Waals surface area contributed by atoms with Crippen molar-refractivity contribution in [1.29, 1.82) is 0 Å². The van der Waals surface area contributed by atoms with Crippen LogP contribution in [0.2, 0.25) is 0 Å². The molecule has 1 fully saturated rings. The zero-order chi connectivity index (χ0) is 10.1. The summed E-state index contributed by atoms with van der Waals surface area (Å²) in [4.78, 5) is 4.50. The van der Waals surface area contributed by atoms with E-state index in [1.807, 2.05) is 0 Å². The van der Waals surface area contributed by atoms with E-state index in [1.165, 1.54) is 5.71 Å². The number of nitrogens with zero attached hydrogens (tertiary/aromatic N) is 1. The Morgan fingerprint density at radius 3 is 2.15 bits per heavy atom. The minimum Gasteiger partial charge on any atom is -0.372 e. The summed E-state index contributed by atoms with van der Waals surface area (Å²) in [6.07, 6.45) is 2.64. The summed E-state index contributed by atoms with van der Waals surface area (Å²) in [6, 6.07) is 0.525. The minimum atomic E-state index is 0.000605. The molecule has 0 spiro atoms. The van der Waals surface area contributed by atoms with Crippen LogP contribution in [0.1, 0.15) is 47.5 Å². The highest BCUT2D eigenvalue weighted by Gasteiger charge is 2.32. The second-order valence-corrected chi connectivity index (χ2v) is 5.05. The Labute approximate surface area is 81.4 Å². The van der Waals surface area contributed by atoms with Gasteiger partial charge in [-0.3, -0.25) is 4.99 Å². The van der Waals surface area contributed by atoms with Crippen LogP contribution in [0.4, 0.5) is 0 Å². The molecule has 0 atom stereocenters. The fraction of sp³-hybridized carbons (Fsp3) is 0.909. The number of hydrogen-bond donors (Lipinski definition) is 0. The zero-order valence-corrected chi connectivity index (χ0v) is 9.42. The highest BCUT2D eigenvalue weighted by molar-refractivity contribution is 5.79. The molecule has 0 N–H and O–H groups in total. The Morgan fingerprint density at radius 1 is 1.23 bits per heavy atom. The highest BCUT2D eigenvalue weighted by atomic mass is 16.5. The lowest BCUT2D eigenvalue weighted by Crippen LogP contribution is -2.39. The van der Waals surface area contributed by atoms with Crippen molar-refractivity contribution in [3.63, 3.8) is 0 Å². The van der Waals surface area contributed by atoms with Crippen molar-refractivity contribution in [3.8, 4) is 0 Å². The maximum Gasteiger partial charge on any atom is 0.0623 e. The fourth-order valence-electron chi connectivity index (χ4n) is 1.60. The molecule has 1 saturated carbocycles. The van der Waals surface area contributed by atoms with Crippen molar-refractivity contribution in [3.05, 3.63) is 0 Å². The summed E-state index contributed by atoms with van der Waals surface area (Å²) in [7, 11) is 0. The van der Waals surface area contributed by atoms with Crippen LogP contribution >= 0.6 is 0 Å². The van der Waals surface area contributed by atoms with E-state index in [2.05, 4.69) is 39.6 Å². The van der Waals surface area contributed by atoms with E-state index in [1.54, 1.807) is 0 Å². The van der Waals surface area contributed by atoms with Crippen LogP contribution in [-0.2, 0) is 4.74 Å². The first-order valence-corrected chi connectivity index (χ1v) is 5.05. The Hall–Kier alpha value is -0.370. The van der Waals surface area contributed by atoms with Crippen molar-refractivity contribution in [2.45, 2.75) is 65.2 Å². The number of rotatable bonds is 2. The quantitative estimate of drug-likeness (QED) is 0.603. The lowest BCUT2D eigenvalue weighted by molar-refractivity contribution is -0.0973. The normalized spacial score (nSPS) is 28.1. The van der Waals surface area contributed by atoms with Crippen molar-refractivity contribution in [1.82, 2.24) is 0 Å². The SMILES string of the molecule is CC(C)=N[C@H]1C[C@H](OC(C)(C)C)C1. The predicted molar refractivity (Wildman–Crippen MR) is 56.4 cm³/mol. The van der Waals surface area contributed by atoms with E-state index in [-0.39, 0.29) is 5.60 Å². The molecule has 0 aromatic heterocycles. The molecule has 0 amide bonds. The van der Waals surface area contributed by atoms with Crippen molar-refractivity contribution < 1.29 is 4.74 Å². The van der Waals surface area contributed by atoms with Crippen LogP contribution < -0.4 is 0 Å². The second-order valence-electron chi connectivity index (χ2n) is 5.05. The van der Waals surface area contributed by atoms with Crippen LogP contribution in [0.5, 0.6) is 0 Å². The summed E-state index contributed by atoms with van der Waals surface area (Å²) < 4.78 is 5.82. The van der Waals surface area contributed by atoms with Gasteiger partial charge in [0.05, 0.1) is 17.7 Å². The van der Waals surface area contributed by atoms with E-state index in [0.717, 1.165) is 12.8 Å². The lowest BCUT2D eigenvalue weighted by Gasteiger charge is -2.37. The molecule has 0 saturated heterocycles. The summed E-state index contributed by atoms with van der Waals surface area (Å²) >= 11 is 0. The van der Waals surface area contributed by atoms with Gasteiger partial charge in [0.25, 0.3) is 0 Å². The Kier molecular flexibility index (Phi) is 3.12. The van der Waals surface area contributed by atoms with E-state index in [9.17, 15) is 0 Å². The van der Waals surface area contributed by atoms with Gasteiger partial charge in [0.15, 0.2) is 0 Å². The minimum absolute atomic E-state index is 0.000605. The van der Waals surface area contributed by atoms with Crippen LogP contribution in [-0.4, -0.2) is 23.5 Å². The van der Waals surface area contributed by atoms with Gasteiger partial charge in [0, 0.05) is 5.71 Å². The number of hydrogen-bond acceptors (Lipinski definition) is 2. The molecule has 2 nitrogen and oxygen atoms in total. The van der Waals surface area contributed by atoms with Crippen LogP contribution in [0.25, 0.3) is 0 Å². The van der Waals surface area contributed by atoms with Gasteiger partial charge in [-0.15, -0.1) is 0 Å². The van der Waals surface area contributed by atoms with E-state index < -0.39 is 0 Å². The van der Waals surface area contributed by atoms with Gasteiger partial charge in [0.1, 0.15) is 0 Å². The molecule has 1 rings (SSSR count). The van der Waals surface area contributed by atoms with Crippen molar-refractivity contribution >= 4 is 5.71 Å². The van der Waals surface area contributed by atoms with Gasteiger partial charge >= 0.3 is 0 Å². The van der Waals surface area contributed by atoms with Gasteiger partial charge in [-0.2, -0.15) is 0 Å². The lowest BCUT2D eigenvalue weighted by atomic mass is 9.89. The number of aliphatic imine (C=N–C) groups is 1. The molecule has 1 aliphatic rings. The molecule has 2 heteroatoms. The largest absolute Gasteiger partial charge is 0.372 e. The molecule has 0 aliphatic heterocycles. The van der Waals surface area contributed by atoms with Crippen molar-refractivity contribution in [2.24, 2.45) is 4.99 Å². The first-order chi connectivity index (χ1) is 5.87. The van der Waals surface area contributed by atoms with Gasteiger partial charge in [-0.25, -0.2) is 0 Å². The van der Waals surface area contributed by atoms with E-state index >= 15 is 0 Å². The molecule has 0 heterocycles. The average molecular weight is 183 g/mol. The van der Waals surface area contributed by atoms with Crippen LogP contribution in [0.3, 0.4) is 0 Å². The molecule has 0 aromatic carbocycles. The molecule has 76 valence electrons. The van der Waals surface area contributed by atoms with Gasteiger partial charge in [-0.05, 0) is 47.5 Å². The molecular formula is C11H21NO. The number of ether oxygens (including phenoxy) is 1. The summed E-state index contributed by atoms with van der Waals surface area (Å²) in [5.74, 6) is 0. The smallest absolute Gasteiger partial charge is 0.0623 e. The maximum atomic E-state index is 5.82. The predicted octanol–water partition coefficient (Wildman–Crippen LogP) is 2.81. The first-order valence-electron chi connectivity index (χ1n) is 5.05. The average Bonchev–Trinajstić information content (AvgIpc) is 1.78. The molecule has 13 heavy (non-hydrogen) atoms. The van der Waals surface area contributed by atoms with E-state index in [0.29, 0.717) is 12.1 Å². The van der Waals surface area contributed by atoms with Crippen LogP contribution in [0.15, 0.2) is 4.99 Å². The molecule has 0 radical (unpaired) electrons. The Bertz CT molecular complexity index is 193. The van der Waals surface area contributed by atoms with E-state index in [4.69, 9.17) is 4.74 Å². The molecule has 0 unspecified atom stereocenters. The topological polar surface area (TPSA) is 21.6 Å². The maximum absolute atomic E-state index is 5.82. The standard InChI is InChI=1S/C11H21NO/c1-8(2)12-9-6-10(7-9)13-11(3,4)5/h9-10H,6-7H2,1-5H3/t9-,10-. The third-order valence-corrected chi connectivity index (χ3v) is 2.03. The molecule has 1 aliphatic carbocycles. The summed E-state index contributed by atoms with van der Waals surface area (Å²) in [5.41, 5.74) is 1.18. The molecular weight excluding hydrogens is 162 g/mol. The molecule has 0 bridgehead atoms. The monoisotopic (exact) mass is 183 g/mol. The summed E-state index contributed by atoms with van der Waals surface area (Å²) in [6.45, 7) is 10.4. The van der Waals surface area contributed by atoms with Gasteiger partial charge in [0.2, 0.25) is 0 Å². The third kappa shape index (κ3) is 3.90. The Balaban J connectivity index is 2.23. The fourth-order valence-corrected chi connectivity index (χ4v) is 1.60. The van der Waals surface area contributed by atoms with Gasteiger partial charge in [-0.1, -0.05) is 0 Å². The second kappa shape index (κ2) is 3.79. The van der Waals surface area contributed by atoms with Crippen LogP contribution in [0, 0.1) is 0 Å².